The van der Waals surface area contributed by atoms with Crippen LogP contribution in [0.2, 0.25) is 0 Å². The van der Waals surface area contributed by atoms with Gasteiger partial charge in [-0.25, -0.2) is 0 Å². The molecule has 0 bridgehead atoms. The summed E-state index contributed by atoms with van der Waals surface area (Å²) in [5.41, 5.74) is 8.38. The summed E-state index contributed by atoms with van der Waals surface area (Å²) < 4.78 is 3.92. The number of benzene rings is 1. The van der Waals surface area contributed by atoms with Gasteiger partial charge in [0.1, 0.15) is 0 Å². The first-order valence-corrected chi connectivity index (χ1v) is 6.66. The second-order valence-corrected chi connectivity index (χ2v) is 5.52. The Kier molecular flexibility index (Phi) is 3.66. The first kappa shape index (κ1) is 12.1. The van der Waals surface area contributed by atoms with Crippen LogP contribution in [0, 0.1) is 3.57 Å². The largest absolute Gasteiger partial charge is 0.319 e. The summed E-state index contributed by atoms with van der Waals surface area (Å²) in [5.74, 6) is 0. The van der Waals surface area contributed by atoms with Crippen LogP contribution in [0.1, 0.15) is 17.3 Å². The third-order valence-corrected chi connectivity index (χ3v) is 4.07. The third-order valence-electron chi connectivity index (χ3n) is 2.47. The molecule has 1 unspecified atom stereocenters. The van der Waals surface area contributed by atoms with E-state index in [1.165, 1.54) is 3.57 Å². The van der Waals surface area contributed by atoms with Crippen molar-refractivity contribution >= 4 is 38.5 Å². The highest BCUT2D eigenvalue weighted by molar-refractivity contribution is 14.1. The van der Waals surface area contributed by atoms with Crippen molar-refractivity contribution in [1.29, 1.82) is 0 Å². The lowest BCUT2D eigenvalue weighted by atomic mass is 10.1. The van der Waals surface area contributed by atoms with Gasteiger partial charge in [0.05, 0.1) is 22.4 Å². The number of hydrogen-bond donors (Lipinski definition) is 1. The molecule has 2 N–H and O–H groups in total. The van der Waals surface area contributed by atoms with E-state index in [2.05, 4.69) is 49.7 Å². The Hall–Kier alpha value is -0.400. The summed E-state index contributed by atoms with van der Waals surface area (Å²) in [4.78, 5) is 0. The highest BCUT2D eigenvalue weighted by atomic mass is 127. The van der Waals surface area contributed by atoms with Crippen molar-refractivity contribution in [3.8, 4) is 0 Å². The molecule has 1 atom stereocenters. The fourth-order valence-corrected chi connectivity index (χ4v) is 2.96. The maximum absolute atomic E-state index is 6.27. The fourth-order valence-electron chi connectivity index (χ4n) is 1.64. The standard InChI is InChI=1S/C11H11BrIN3/c1-16-11(8(12)6-15-16)10(14)7-4-2-3-5-9(7)13/h2-6,10H,14H2,1H3. The molecule has 0 fully saturated rings. The van der Waals surface area contributed by atoms with E-state index < -0.39 is 0 Å². The smallest absolute Gasteiger partial charge is 0.0744 e. The Balaban J connectivity index is 2.47. The maximum Gasteiger partial charge on any atom is 0.0744 e. The lowest BCUT2D eigenvalue weighted by molar-refractivity contribution is 0.670. The molecular formula is C11H11BrIN3. The van der Waals surface area contributed by atoms with E-state index in [1.807, 2.05) is 25.2 Å². The second kappa shape index (κ2) is 4.85. The Labute approximate surface area is 116 Å². The molecule has 1 aromatic carbocycles. The number of nitrogens with zero attached hydrogens (tertiary/aromatic N) is 2. The van der Waals surface area contributed by atoms with Crippen LogP contribution in [0.15, 0.2) is 34.9 Å². The summed E-state index contributed by atoms with van der Waals surface area (Å²) in [5, 5.41) is 4.18. The second-order valence-electron chi connectivity index (χ2n) is 3.50. The normalized spacial score (nSPS) is 12.8. The zero-order valence-corrected chi connectivity index (χ0v) is 12.4. The zero-order valence-electron chi connectivity index (χ0n) is 8.69. The van der Waals surface area contributed by atoms with Crippen LogP contribution >= 0.6 is 38.5 Å². The number of rotatable bonds is 2. The number of aryl methyl sites for hydroxylation is 1. The molecule has 2 aromatic rings. The van der Waals surface area contributed by atoms with Gasteiger partial charge in [-0.15, -0.1) is 0 Å². The minimum absolute atomic E-state index is 0.157. The van der Waals surface area contributed by atoms with Crippen molar-refractivity contribution in [3.05, 3.63) is 49.8 Å². The van der Waals surface area contributed by atoms with Crippen LogP contribution in [0.3, 0.4) is 0 Å². The Morgan fingerprint density at radius 1 is 1.44 bits per heavy atom. The average Bonchev–Trinajstić information content (AvgIpc) is 2.58. The van der Waals surface area contributed by atoms with Gasteiger partial charge in [0.15, 0.2) is 0 Å². The van der Waals surface area contributed by atoms with Crippen LogP contribution in [-0.2, 0) is 7.05 Å². The molecule has 0 spiro atoms. The molecule has 5 heteroatoms. The number of hydrogen-bond acceptors (Lipinski definition) is 2. The molecule has 0 aliphatic carbocycles. The van der Waals surface area contributed by atoms with E-state index in [0.717, 1.165) is 15.7 Å². The van der Waals surface area contributed by atoms with Crippen LogP contribution in [-0.4, -0.2) is 9.78 Å². The van der Waals surface area contributed by atoms with E-state index >= 15 is 0 Å². The lowest BCUT2D eigenvalue weighted by Gasteiger charge is -2.14. The van der Waals surface area contributed by atoms with Crippen molar-refractivity contribution in [3.63, 3.8) is 0 Å². The third kappa shape index (κ3) is 2.16. The van der Waals surface area contributed by atoms with Gasteiger partial charge in [-0.3, -0.25) is 4.68 Å². The van der Waals surface area contributed by atoms with E-state index in [0.29, 0.717) is 0 Å². The van der Waals surface area contributed by atoms with Crippen LogP contribution < -0.4 is 5.73 Å². The molecule has 0 amide bonds. The summed E-state index contributed by atoms with van der Waals surface area (Å²) in [6.45, 7) is 0. The van der Waals surface area contributed by atoms with Gasteiger partial charge >= 0.3 is 0 Å². The summed E-state index contributed by atoms with van der Waals surface area (Å²) in [6, 6.07) is 7.96. The molecule has 84 valence electrons. The molecule has 0 saturated heterocycles. The van der Waals surface area contributed by atoms with Gasteiger partial charge in [0.2, 0.25) is 0 Å². The minimum atomic E-state index is -0.157. The number of aromatic nitrogens is 2. The van der Waals surface area contributed by atoms with Crippen molar-refractivity contribution in [2.75, 3.05) is 0 Å². The number of nitrogens with two attached hydrogens (primary N) is 1. The highest BCUT2D eigenvalue weighted by Crippen LogP contribution is 2.28. The molecule has 0 radical (unpaired) electrons. The molecule has 2 rings (SSSR count). The molecule has 0 saturated carbocycles. The molecule has 1 aromatic heterocycles. The Morgan fingerprint density at radius 3 is 2.69 bits per heavy atom. The summed E-state index contributed by atoms with van der Waals surface area (Å²) in [6.07, 6.45) is 1.77. The first-order valence-electron chi connectivity index (χ1n) is 4.78. The zero-order chi connectivity index (χ0) is 11.7. The van der Waals surface area contributed by atoms with Gasteiger partial charge in [0, 0.05) is 10.6 Å². The Bertz CT molecular complexity index is 490. The quantitative estimate of drug-likeness (QED) is 0.800. The molecule has 0 aliphatic rings. The van der Waals surface area contributed by atoms with Gasteiger partial charge in [0.25, 0.3) is 0 Å². The van der Waals surface area contributed by atoms with Crippen LogP contribution in [0.4, 0.5) is 0 Å². The predicted molar refractivity (Wildman–Crippen MR) is 76.1 cm³/mol. The SMILES string of the molecule is Cn1ncc(Br)c1C(N)c1ccccc1I. The van der Waals surface area contributed by atoms with Crippen molar-refractivity contribution in [2.24, 2.45) is 12.8 Å². The molecule has 3 nitrogen and oxygen atoms in total. The first-order chi connectivity index (χ1) is 7.61. The van der Waals surface area contributed by atoms with Crippen LogP contribution in [0.5, 0.6) is 0 Å². The van der Waals surface area contributed by atoms with Gasteiger partial charge in [-0.2, -0.15) is 5.10 Å². The molecule has 1 heterocycles. The fraction of sp³-hybridized carbons (Fsp3) is 0.182. The highest BCUT2D eigenvalue weighted by Gasteiger charge is 2.18. The minimum Gasteiger partial charge on any atom is -0.319 e. The van der Waals surface area contributed by atoms with Gasteiger partial charge < -0.3 is 5.73 Å². The predicted octanol–water partition coefficient (Wildman–Crippen LogP) is 2.84. The van der Waals surface area contributed by atoms with E-state index in [-0.39, 0.29) is 6.04 Å². The van der Waals surface area contributed by atoms with Gasteiger partial charge in [-0.05, 0) is 50.2 Å². The monoisotopic (exact) mass is 391 g/mol. The van der Waals surface area contributed by atoms with Gasteiger partial charge in [-0.1, -0.05) is 18.2 Å². The van der Waals surface area contributed by atoms with Crippen molar-refractivity contribution in [2.45, 2.75) is 6.04 Å². The Morgan fingerprint density at radius 2 is 2.12 bits per heavy atom. The molecule has 0 aliphatic heterocycles. The molecule has 16 heavy (non-hydrogen) atoms. The van der Waals surface area contributed by atoms with Crippen LogP contribution in [0.25, 0.3) is 0 Å². The van der Waals surface area contributed by atoms with E-state index in [9.17, 15) is 0 Å². The lowest BCUT2D eigenvalue weighted by Crippen LogP contribution is -2.17. The van der Waals surface area contributed by atoms with E-state index in [4.69, 9.17) is 5.73 Å². The summed E-state index contributed by atoms with van der Waals surface area (Å²) in [7, 11) is 1.90. The summed E-state index contributed by atoms with van der Waals surface area (Å²) >= 11 is 5.77. The topological polar surface area (TPSA) is 43.8 Å². The van der Waals surface area contributed by atoms with Crippen molar-refractivity contribution in [1.82, 2.24) is 9.78 Å². The number of halogens is 2. The molecular weight excluding hydrogens is 381 g/mol. The maximum atomic E-state index is 6.27. The van der Waals surface area contributed by atoms with E-state index in [1.54, 1.807) is 10.9 Å². The average molecular weight is 392 g/mol. The van der Waals surface area contributed by atoms with Crippen molar-refractivity contribution < 1.29 is 0 Å².